The summed E-state index contributed by atoms with van der Waals surface area (Å²) in [6.07, 6.45) is 6.97. The molecule has 0 N–H and O–H groups in total. The highest BCUT2D eigenvalue weighted by Crippen LogP contribution is 2.40. The number of aryl methyl sites for hydroxylation is 1. The molecule has 0 bridgehead atoms. The summed E-state index contributed by atoms with van der Waals surface area (Å²) in [5, 5.41) is 2.96. The van der Waals surface area contributed by atoms with Crippen LogP contribution in [0, 0.1) is 6.92 Å². The van der Waals surface area contributed by atoms with Crippen molar-refractivity contribution >= 4 is 10.8 Å². The summed E-state index contributed by atoms with van der Waals surface area (Å²) in [5.74, 6) is 0.769. The van der Waals surface area contributed by atoms with Gasteiger partial charge in [0.15, 0.2) is 0 Å². The molecule has 3 rings (SSSR count). The maximum atomic E-state index is 2.54. The van der Waals surface area contributed by atoms with Crippen LogP contribution in [0.3, 0.4) is 0 Å². The highest BCUT2D eigenvalue weighted by Gasteiger charge is 2.23. The normalized spacial score (nSPS) is 17.3. The van der Waals surface area contributed by atoms with E-state index < -0.39 is 0 Å². The molecule has 0 heterocycles. The Morgan fingerprint density at radius 1 is 0.905 bits per heavy atom. The largest absolute Gasteiger partial charge is 0.0616 e. The second-order valence-electron chi connectivity index (χ2n) is 7.77. The van der Waals surface area contributed by atoms with Crippen molar-refractivity contribution in [3.63, 3.8) is 0 Å². The van der Waals surface area contributed by atoms with E-state index in [0.717, 1.165) is 5.92 Å². The average molecular weight is 280 g/mol. The highest BCUT2D eigenvalue weighted by molar-refractivity contribution is 5.90. The van der Waals surface area contributed by atoms with Crippen molar-refractivity contribution < 1.29 is 0 Å². The van der Waals surface area contributed by atoms with Gasteiger partial charge >= 0.3 is 0 Å². The van der Waals surface area contributed by atoms with Crippen LogP contribution in [0.5, 0.6) is 0 Å². The van der Waals surface area contributed by atoms with Crippen molar-refractivity contribution in [3.05, 3.63) is 47.0 Å². The molecule has 0 heteroatoms. The first-order valence-corrected chi connectivity index (χ1v) is 8.51. The first kappa shape index (κ1) is 14.6. The molecule has 1 fully saturated rings. The summed E-state index contributed by atoms with van der Waals surface area (Å²) in [7, 11) is 0. The van der Waals surface area contributed by atoms with E-state index in [1.807, 2.05) is 0 Å². The summed E-state index contributed by atoms with van der Waals surface area (Å²) in [5.41, 5.74) is 4.83. The molecule has 1 aliphatic rings. The quantitative estimate of drug-likeness (QED) is 0.559. The molecular formula is C21H28. The maximum Gasteiger partial charge on any atom is -0.0129 e. The van der Waals surface area contributed by atoms with Gasteiger partial charge < -0.3 is 0 Å². The lowest BCUT2D eigenvalue weighted by Crippen LogP contribution is -2.15. The minimum Gasteiger partial charge on any atom is -0.0616 e. The third-order valence-electron chi connectivity index (χ3n) is 5.20. The Balaban J connectivity index is 2.24. The van der Waals surface area contributed by atoms with Gasteiger partial charge in [-0.3, -0.25) is 0 Å². The number of fused-ring (bicyclic) bond motifs is 1. The predicted molar refractivity (Wildman–Crippen MR) is 93.2 cm³/mol. The summed E-state index contributed by atoms with van der Waals surface area (Å²) in [6, 6.07) is 11.6. The number of benzene rings is 2. The molecule has 0 unspecified atom stereocenters. The molecule has 0 radical (unpaired) electrons. The van der Waals surface area contributed by atoms with Gasteiger partial charge in [0.2, 0.25) is 0 Å². The molecule has 1 saturated carbocycles. The number of hydrogen-bond donors (Lipinski definition) is 0. The molecule has 21 heavy (non-hydrogen) atoms. The van der Waals surface area contributed by atoms with E-state index in [4.69, 9.17) is 0 Å². The van der Waals surface area contributed by atoms with Crippen LogP contribution >= 0.6 is 0 Å². The van der Waals surface area contributed by atoms with Crippen LogP contribution in [-0.4, -0.2) is 0 Å². The van der Waals surface area contributed by atoms with Crippen LogP contribution in [0.1, 0.15) is 75.5 Å². The van der Waals surface area contributed by atoms with E-state index >= 15 is 0 Å². The van der Waals surface area contributed by atoms with E-state index in [1.54, 1.807) is 5.56 Å². The zero-order valence-corrected chi connectivity index (χ0v) is 14.0. The molecule has 0 spiro atoms. The summed E-state index contributed by atoms with van der Waals surface area (Å²) < 4.78 is 0. The summed E-state index contributed by atoms with van der Waals surface area (Å²) in [4.78, 5) is 0. The van der Waals surface area contributed by atoms with Gasteiger partial charge in [-0.1, -0.05) is 70.4 Å². The highest BCUT2D eigenvalue weighted by atomic mass is 14.3. The van der Waals surface area contributed by atoms with Crippen molar-refractivity contribution in [1.82, 2.24) is 0 Å². The summed E-state index contributed by atoms with van der Waals surface area (Å²) in [6.45, 7) is 9.33. The monoisotopic (exact) mass is 280 g/mol. The smallest absolute Gasteiger partial charge is 0.0129 e. The maximum absolute atomic E-state index is 2.54. The Bertz CT molecular complexity index is 637. The molecule has 1 aliphatic carbocycles. The zero-order chi connectivity index (χ0) is 15.0. The lowest BCUT2D eigenvalue weighted by molar-refractivity contribution is 0.444. The first-order valence-electron chi connectivity index (χ1n) is 8.51. The van der Waals surface area contributed by atoms with Gasteiger partial charge in [0.1, 0.15) is 0 Å². The molecule has 2 aromatic carbocycles. The molecule has 0 aliphatic heterocycles. The second kappa shape index (κ2) is 5.48. The topological polar surface area (TPSA) is 0 Å². The molecule has 112 valence electrons. The van der Waals surface area contributed by atoms with Gasteiger partial charge in [-0.2, -0.15) is 0 Å². The van der Waals surface area contributed by atoms with Gasteiger partial charge in [0.05, 0.1) is 0 Å². The fourth-order valence-corrected chi connectivity index (χ4v) is 4.08. The fourth-order valence-electron chi connectivity index (χ4n) is 4.08. The van der Waals surface area contributed by atoms with Crippen LogP contribution < -0.4 is 0 Å². The Morgan fingerprint density at radius 3 is 2.14 bits per heavy atom. The van der Waals surface area contributed by atoms with Gasteiger partial charge in [0.25, 0.3) is 0 Å². The molecule has 0 aromatic heterocycles. The number of rotatable bonds is 1. The van der Waals surface area contributed by atoms with Crippen LogP contribution in [0.25, 0.3) is 10.8 Å². The Labute approximate surface area is 129 Å². The van der Waals surface area contributed by atoms with Gasteiger partial charge in [0, 0.05) is 0 Å². The third kappa shape index (κ3) is 2.73. The number of hydrogen-bond acceptors (Lipinski definition) is 0. The Morgan fingerprint density at radius 2 is 1.52 bits per heavy atom. The second-order valence-corrected chi connectivity index (χ2v) is 7.77. The van der Waals surface area contributed by atoms with Gasteiger partial charge in [-0.25, -0.2) is 0 Å². The average Bonchev–Trinajstić information content (AvgIpc) is 2.47. The molecule has 0 nitrogen and oxygen atoms in total. The lowest BCUT2D eigenvalue weighted by Gasteiger charge is -2.29. The Hall–Kier alpha value is -1.30. The predicted octanol–water partition coefficient (Wildman–Crippen LogP) is 6.49. The van der Waals surface area contributed by atoms with E-state index in [0.29, 0.717) is 0 Å². The standard InChI is InChI=1S/C21H28/c1-15-17-12-8-9-13-18(17)19(14-20(15)21(2,3)4)16-10-6-5-7-11-16/h8-9,12-14,16H,5-7,10-11H2,1-4H3. The van der Waals surface area contributed by atoms with Crippen LogP contribution in [-0.2, 0) is 5.41 Å². The van der Waals surface area contributed by atoms with Crippen molar-refractivity contribution in [3.8, 4) is 0 Å². The lowest BCUT2D eigenvalue weighted by atomic mass is 9.76. The van der Waals surface area contributed by atoms with Crippen molar-refractivity contribution in [2.24, 2.45) is 0 Å². The van der Waals surface area contributed by atoms with E-state index in [1.165, 1.54) is 54.0 Å². The molecule has 0 atom stereocenters. The van der Waals surface area contributed by atoms with Crippen molar-refractivity contribution in [2.45, 2.75) is 71.1 Å². The van der Waals surface area contributed by atoms with E-state index in [9.17, 15) is 0 Å². The Kier molecular flexibility index (Phi) is 3.82. The van der Waals surface area contributed by atoms with Crippen molar-refractivity contribution in [2.75, 3.05) is 0 Å². The van der Waals surface area contributed by atoms with Crippen LogP contribution in [0.15, 0.2) is 30.3 Å². The molecular weight excluding hydrogens is 252 g/mol. The molecule has 0 amide bonds. The van der Waals surface area contributed by atoms with Gasteiger partial charge in [-0.05, 0) is 58.6 Å². The van der Waals surface area contributed by atoms with E-state index in [-0.39, 0.29) is 5.41 Å². The van der Waals surface area contributed by atoms with Crippen molar-refractivity contribution in [1.29, 1.82) is 0 Å². The van der Waals surface area contributed by atoms with Crippen LogP contribution in [0.4, 0.5) is 0 Å². The molecule has 0 saturated heterocycles. The third-order valence-corrected chi connectivity index (χ3v) is 5.20. The minimum absolute atomic E-state index is 0.220. The first-order chi connectivity index (χ1) is 9.98. The zero-order valence-electron chi connectivity index (χ0n) is 14.0. The van der Waals surface area contributed by atoms with Crippen LogP contribution in [0.2, 0.25) is 0 Å². The fraction of sp³-hybridized carbons (Fsp3) is 0.524. The summed E-state index contributed by atoms with van der Waals surface area (Å²) >= 11 is 0. The minimum atomic E-state index is 0.220. The van der Waals surface area contributed by atoms with Gasteiger partial charge in [-0.15, -0.1) is 0 Å². The van der Waals surface area contributed by atoms with E-state index in [2.05, 4.69) is 58.0 Å². The SMILES string of the molecule is Cc1c(C(C)(C)C)cc(C2CCCCC2)c2ccccc12. The molecule has 2 aromatic rings.